The Morgan fingerprint density at radius 3 is 1.28 bits per heavy atom. The van der Waals surface area contributed by atoms with Crippen LogP contribution in [0.3, 0.4) is 0 Å². The predicted molar refractivity (Wildman–Crippen MR) is 493 cm³/mol. The summed E-state index contributed by atoms with van der Waals surface area (Å²) in [7, 11) is 0. The second-order valence-electron chi connectivity index (χ2n) is 30.4. The number of rotatable bonds is 49. The lowest BCUT2D eigenvalue weighted by Gasteiger charge is -2.44. The van der Waals surface area contributed by atoms with Crippen LogP contribution in [0.4, 0.5) is 28.4 Å². The highest BCUT2D eigenvalue weighted by atomic mass is 35.5. The number of hydrogen-bond donors (Lipinski definition) is 9. The van der Waals surface area contributed by atoms with E-state index in [1.54, 1.807) is 48.6 Å². The number of halogens is 2. The van der Waals surface area contributed by atoms with Crippen molar-refractivity contribution in [2.45, 2.75) is 203 Å². The summed E-state index contributed by atoms with van der Waals surface area (Å²) in [5.74, 6) is 0.476. The molecule has 0 aliphatic heterocycles. The number of unbranched alkanes of at least 4 members (excludes halogenated alkanes) is 4. The second kappa shape index (κ2) is 71.1. The summed E-state index contributed by atoms with van der Waals surface area (Å²) in [5, 5.41) is 24.0. The molecule has 32 nitrogen and oxygen atoms in total. The Labute approximate surface area is 753 Å². The van der Waals surface area contributed by atoms with Gasteiger partial charge in [0.1, 0.15) is 0 Å². The normalized spacial score (nSPS) is 12.7. The van der Waals surface area contributed by atoms with Crippen molar-refractivity contribution in [3.63, 3.8) is 0 Å². The van der Waals surface area contributed by atoms with E-state index < -0.39 is 0 Å². The molecular formula is C93H120Cl2N16O16. The Hall–Kier alpha value is -13.2. The number of aryl methyl sites for hydroxylation is 4. The average molecular weight is 1790 g/mol. The lowest BCUT2D eigenvalue weighted by molar-refractivity contribution is -0.111. The molecule has 1 aliphatic rings. The van der Waals surface area contributed by atoms with Crippen LogP contribution in [0.5, 0.6) is 0 Å². The molecule has 3 atom stereocenters. The van der Waals surface area contributed by atoms with E-state index in [0.29, 0.717) is 131 Å². The van der Waals surface area contributed by atoms with E-state index in [9.17, 15) is 76.7 Å². The molecule has 3 unspecified atom stereocenters. The predicted octanol–water partition coefficient (Wildman–Crippen LogP) is 14.0. The van der Waals surface area contributed by atoms with Gasteiger partial charge >= 0.3 is 0 Å². The number of benzene rings is 6. The maximum atomic E-state index is 10.8. The summed E-state index contributed by atoms with van der Waals surface area (Å²) >= 11 is 12.1. The highest BCUT2D eigenvalue weighted by Gasteiger charge is 2.41. The van der Waals surface area contributed by atoms with Gasteiger partial charge in [0.25, 0.3) is 0 Å². The van der Waals surface area contributed by atoms with E-state index in [-0.39, 0.29) is 22.4 Å². The number of hydrogen-bond acceptors (Lipinski definition) is 23. The Morgan fingerprint density at radius 2 is 0.882 bits per heavy atom. The van der Waals surface area contributed by atoms with Gasteiger partial charge in [-0.15, -0.1) is 0 Å². The summed E-state index contributed by atoms with van der Waals surface area (Å²) in [6.45, 7) is 25.8. The van der Waals surface area contributed by atoms with Crippen molar-refractivity contribution in [3.8, 4) is 11.1 Å². The number of amides is 9. The molecule has 0 aromatic heterocycles. The molecule has 9 N–H and O–H groups in total. The Kier molecular flexibility index (Phi) is 63.7. The van der Waals surface area contributed by atoms with Crippen molar-refractivity contribution >= 4 is 152 Å². The molecule has 9 amide bonds. The van der Waals surface area contributed by atoms with Gasteiger partial charge < -0.3 is 47.9 Å². The molecular weight excluding hydrogens is 1670 g/mol. The fourth-order valence-electron chi connectivity index (χ4n) is 13.4. The summed E-state index contributed by atoms with van der Waals surface area (Å²) in [5.41, 5.74) is 14.4. The second-order valence-corrected chi connectivity index (χ2v) is 31.2. The van der Waals surface area contributed by atoms with Crippen LogP contribution in [-0.2, 0) is 128 Å². The quantitative estimate of drug-likeness (QED) is 0.00741. The highest BCUT2D eigenvalue weighted by molar-refractivity contribution is 6.34. The number of carbonyl (C=O) groups excluding carboxylic acids is 16. The summed E-state index contributed by atoms with van der Waals surface area (Å²) in [6, 6.07) is 33.9. The largest absolute Gasteiger partial charge is 0.359 e. The molecule has 7 rings (SSSR count). The zero-order valence-electron chi connectivity index (χ0n) is 74.0. The Morgan fingerprint density at radius 1 is 0.449 bits per heavy atom. The molecule has 0 radical (unpaired) electrons. The molecule has 1 fully saturated rings. The van der Waals surface area contributed by atoms with Crippen LogP contribution >= 0.6 is 23.2 Å². The van der Waals surface area contributed by atoms with E-state index in [4.69, 9.17) is 23.2 Å². The van der Waals surface area contributed by atoms with Gasteiger partial charge in [-0.25, -0.2) is 58.5 Å². The smallest absolute Gasteiger partial charge is 0.240 e. The van der Waals surface area contributed by atoms with Crippen LogP contribution in [0.2, 0.25) is 10.0 Å². The van der Waals surface area contributed by atoms with Crippen molar-refractivity contribution < 1.29 is 76.7 Å². The first kappa shape index (κ1) is 114. The van der Waals surface area contributed by atoms with Crippen LogP contribution in [0.1, 0.15) is 190 Å². The van der Waals surface area contributed by atoms with E-state index in [1.165, 1.54) is 29.4 Å². The third kappa shape index (κ3) is 52.2. The van der Waals surface area contributed by atoms with E-state index in [0.717, 1.165) is 189 Å². The van der Waals surface area contributed by atoms with Gasteiger partial charge in [0.05, 0.1) is 65.0 Å². The van der Waals surface area contributed by atoms with E-state index in [1.807, 2.05) is 74.5 Å². The van der Waals surface area contributed by atoms with Gasteiger partial charge in [-0.1, -0.05) is 164 Å². The molecule has 682 valence electrons. The van der Waals surface area contributed by atoms with E-state index >= 15 is 0 Å². The number of anilines is 3. The third-order valence-corrected chi connectivity index (χ3v) is 19.5. The van der Waals surface area contributed by atoms with Gasteiger partial charge in [-0.2, -0.15) is 9.98 Å². The minimum atomic E-state index is -0.263. The number of isocyanates is 7. The molecule has 1 aliphatic carbocycles. The summed E-state index contributed by atoms with van der Waals surface area (Å²) in [4.78, 5) is 188. The minimum absolute atomic E-state index is 0.00750. The molecule has 6 aromatic rings. The molecule has 34 heteroatoms. The fourth-order valence-corrected chi connectivity index (χ4v) is 13.9. The van der Waals surface area contributed by atoms with Crippen molar-refractivity contribution in [1.29, 1.82) is 0 Å². The monoisotopic (exact) mass is 1790 g/mol. The zero-order chi connectivity index (χ0) is 94.8. The van der Waals surface area contributed by atoms with Gasteiger partial charge in [-0.3, -0.25) is 43.2 Å². The molecule has 0 spiro atoms. The van der Waals surface area contributed by atoms with Gasteiger partial charge in [0, 0.05) is 44.0 Å². The lowest BCUT2D eigenvalue weighted by atomic mass is 9.63. The summed E-state index contributed by atoms with van der Waals surface area (Å²) in [6.07, 6.45) is 32.2. The fraction of sp³-hybridized carbons (Fsp3) is 0.441. The third-order valence-electron chi connectivity index (χ3n) is 18.9. The van der Waals surface area contributed by atoms with Crippen LogP contribution in [0.25, 0.3) is 11.1 Å². The number of aliphatic imine (C=N–C) groups is 7. The highest BCUT2D eigenvalue weighted by Crippen LogP contribution is 2.47. The number of nitrogens with zero attached hydrogens (tertiary/aromatic N) is 7. The molecule has 6 aromatic carbocycles. The Bertz CT molecular complexity index is 4450. The van der Waals surface area contributed by atoms with Gasteiger partial charge in [-0.05, 0) is 225 Å². The summed E-state index contributed by atoms with van der Waals surface area (Å²) < 4.78 is 0. The van der Waals surface area contributed by atoms with E-state index in [2.05, 4.69) is 162 Å². The first-order chi connectivity index (χ1) is 61.2. The first-order valence-corrected chi connectivity index (χ1v) is 42.1. The minimum Gasteiger partial charge on any atom is -0.359 e. The van der Waals surface area contributed by atoms with Crippen molar-refractivity contribution in [2.24, 2.45) is 51.7 Å². The van der Waals surface area contributed by atoms with Crippen LogP contribution in [0, 0.1) is 16.7 Å². The SMILES string of the molecule is CC(C)(Cc1ccc(NC=O)cc1)NC=O.CC(CCCNC=O)CNC=O.CC1(C)CC(N=C=O)CC(C)(CN=C=O)C1.CCc1cc(Cc2cc(CC)c(N=C=O)c(CC)c2)cc(CC)c1N=C=O.O=C=NCCCCCCNC=O.O=C=NCc1cccc(CN=C=O)c1.O=CNCCCCNC=O.O=CNc1ccc(-c2ccc(NC=O)c(Cl)c2)cc1Cl. The number of nitrogens with one attached hydrogen (secondary N) is 9. The van der Waals surface area contributed by atoms with Crippen molar-refractivity contribution in [3.05, 3.63) is 169 Å². The van der Waals surface area contributed by atoms with Crippen molar-refractivity contribution in [2.75, 3.05) is 61.8 Å². The molecule has 0 saturated heterocycles. The molecule has 1 saturated carbocycles. The van der Waals surface area contributed by atoms with Gasteiger partial charge in [0.2, 0.25) is 100 Å². The topological polar surface area (TPSA) is 468 Å². The standard InChI is InChI=1S/C23H26N2O2.C14H10Cl2N2O2.C12H18N2O2.C12H16N2O2.C10H8N2O2.C8H16N2O2.C8H14N2O2.C6H12N2O2/c1-5-18-10-16(11-19(6-2)22(18)24-14-26)9-17-12-20(7-3)23(25-15-27)21(8-4)13-17;15-11-5-9(1-3-13(11)17-7-19)10-2-4-14(18-8-20)12(16)6-10;1-11(2)4-10(14-9-16)5-12(3,6-11)7-13-8-15;1-12(2,14-9-16)7-10-3-5-11(6-4-10)13-8-15;13-7-11-5-9-2-1-3-10(4-9)6-12-8-14;1-8(5-10-7-12)3-2-4-9-6-11;11-7-9-5-3-1-2-4-6-10-8-12;9-5-7-3-1-2-4-8-6-10/h10-13H,5-9H2,1-4H3;1-8H,(H,17,19)(H,18,20);10H,4-7H2,1-3H3;3-6,8-9H,7H2,1-2H3,(H,13,15)(H,14,16);1-4H,5-6H2;6-8H,2-5H2,1H3,(H,9,11)(H,10,12);7H,1-6H2,(H,9,11);5-6H,1-4H2,(H,7,9)(H,8,10). The zero-order valence-corrected chi connectivity index (χ0v) is 75.6. The molecule has 0 bridgehead atoms. The Balaban J connectivity index is 0.00000146. The maximum absolute atomic E-state index is 10.8. The number of carbonyl (C=O) groups is 9. The maximum Gasteiger partial charge on any atom is 0.240 e. The molecule has 0 heterocycles. The lowest BCUT2D eigenvalue weighted by Crippen LogP contribution is -2.40. The van der Waals surface area contributed by atoms with Gasteiger partial charge in [0.15, 0.2) is 0 Å². The van der Waals surface area contributed by atoms with Crippen LogP contribution < -0.4 is 47.9 Å². The van der Waals surface area contributed by atoms with Crippen molar-refractivity contribution in [1.82, 2.24) is 31.9 Å². The average Bonchev–Trinajstić information content (AvgIpc) is 0.803. The van der Waals surface area contributed by atoms with Crippen LogP contribution in [-0.4, -0.2) is 158 Å². The first-order valence-electron chi connectivity index (χ1n) is 41.3. The van der Waals surface area contributed by atoms with Crippen LogP contribution in [0.15, 0.2) is 144 Å². The molecule has 127 heavy (non-hydrogen) atoms.